The zero-order chi connectivity index (χ0) is 37.0. The Morgan fingerprint density at radius 2 is 1.43 bits per heavy atom. The van der Waals surface area contributed by atoms with Gasteiger partial charge in [0.2, 0.25) is 11.8 Å². The van der Waals surface area contributed by atoms with Gasteiger partial charge in [0.1, 0.15) is 12.0 Å². The van der Waals surface area contributed by atoms with E-state index in [1.807, 2.05) is 59.5 Å². The van der Waals surface area contributed by atoms with Crippen LogP contribution in [0.3, 0.4) is 0 Å². The number of aliphatic hydroxyl groups is 1. The second-order valence-corrected chi connectivity index (χ2v) is 15.4. The van der Waals surface area contributed by atoms with Gasteiger partial charge in [-0.25, -0.2) is 4.79 Å². The Bertz CT molecular complexity index is 1560. The Balaban J connectivity index is 1.18. The van der Waals surface area contributed by atoms with E-state index < -0.39 is 23.7 Å². The van der Waals surface area contributed by atoms with Crippen molar-refractivity contribution in [3.05, 3.63) is 113 Å². The van der Waals surface area contributed by atoms with Crippen LogP contribution in [0.5, 0.6) is 0 Å². The normalized spacial score (nSPS) is 22.5. The number of hydrogen-bond acceptors (Lipinski definition) is 6. The molecule has 8 heteroatoms. The first kappa shape index (κ1) is 38.6. The molecule has 3 fully saturated rings. The van der Waals surface area contributed by atoms with Crippen LogP contribution < -0.4 is 5.32 Å². The van der Waals surface area contributed by atoms with Crippen molar-refractivity contribution in [3.63, 3.8) is 0 Å². The van der Waals surface area contributed by atoms with E-state index in [1.54, 1.807) is 4.90 Å². The summed E-state index contributed by atoms with van der Waals surface area (Å²) in [6, 6.07) is 29.6. The van der Waals surface area contributed by atoms with E-state index in [0.29, 0.717) is 37.4 Å². The maximum absolute atomic E-state index is 14.8. The number of nitrogens with zero attached hydrogens (tertiary/aromatic N) is 3. The molecule has 3 aromatic carbocycles. The molecule has 0 unspecified atom stereocenters. The van der Waals surface area contributed by atoms with Crippen LogP contribution in [0.2, 0.25) is 0 Å². The molecule has 3 aliphatic rings. The molecule has 3 aromatic rings. The van der Waals surface area contributed by atoms with Gasteiger partial charge in [-0.2, -0.15) is 0 Å². The minimum Gasteiger partial charge on any atom is -0.391 e. The van der Waals surface area contributed by atoms with Crippen LogP contribution in [0.1, 0.15) is 94.2 Å². The average Bonchev–Trinajstić information content (AvgIpc) is 3.82. The van der Waals surface area contributed by atoms with Crippen LogP contribution in [-0.2, 0) is 19.8 Å². The molecule has 3 saturated heterocycles. The number of carbonyl (C=O) groups excluding carboxylic acids is 3. The highest BCUT2D eigenvalue weighted by Gasteiger charge is 2.48. The van der Waals surface area contributed by atoms with Crippen molar-refractivity contribution in [2.75, 3.05) is 39.3 Å². The van der Waals surface area contributed by atoms with Crippen LogP contribution in [0.4, 0.5) is 0 Å². The lowest BCUT2D eigenvalue weighted by molar-refractivity contribution is -0.139. The number of rotatable bonds is 16. The lowest BCUT2D eigenvalue weighted by atomic mass is 9.67. The predicted octanol–water partition coefficient (Wildman–Crippen LogP) is 6.35. The fourth-order valence-corrected chi connectivity index (χ4v) is 9.11. The number of aliphatic hydroxyl groups excluding tert-OH is 1. The lowest BCUT2D eigenvalue weighted by Crippen LogP contribution is -2.55. The summed E-state index contributed by atoms with van der Waals surface area (Å²) >= 11 is 0. The van der Waals surface area contributed by atoms with Gasteiger partial charge < -0.3 is 20.2 Å². The summed E-state index contributed by atoms with van der Waals surface area (Å²) in [4.78, 5) is 47.3. The Hall–Kier alpha value is -4.07. The van der Waals surface area contributed by atoms with Crippen LogP contribution in [-0.4, -0.2) is 95.1 Å². The summed E-state index contributed by atoms with van der Waals surface area (Å²) in [6.07, 6.45) is 9.49. The summed E-state index contributed by atoms with van der Waals surface area (Å²) in [5, 5.41) is 14.3. The molecule has 8 nitrogen and oxygen atoms in total. The fraction of sp³-hybridized carbons (Fsp3) is 0.511. The topological polar surface area (TPSA) is 93.2 Å². The largest absolute Gasteiger partial charge is 0.391 e. The van der Waals surface area contributed by atoms with E-state index in [4.69, 9.17) is 0 Å². The zero-order valence-corrected chi connectivity index (χ0v) is 31.5. The summed E-state index contributed by atoms with van der Waals surface area (Å²) < 4.78 is 0. The quantitative estimate of drug-likeness (QED) is 0.102. The van der Waals surface area contributed by atoms with E-state index in [9.17, 15) is 19.5 Å². The summed E-state index contributed by atoms with van der Waals surface area (Å²) in [5.41, 5.74) is 2.62. The fourth-order valence-electron chi connectivity index (χ4n) is 9.11. The van der Waals surface area contributed by atoms with E-state index >= 15 is 0 Å². The number of nitrogens with one attached hydrogen (secondary N) is 1. The first-order chi connectivity index (χ1) is 25.9. The van der Waals surface area contributed by atoms with E-state index in [1.165, 1.54) is 38.5 Å². The van der Waals surface area contributed by atoms with E-state index in [0.717, 1.165) is 49.2 Å². The van der Waals surface area contributed by atoms with Gasteiger partial charge >= 0.3 is 0 Å². The maximum atomic E-state index is 14.8. The molecule has 0 bridgehead atoms. The lowest BCUT2D eigenvalue weighted by Gasteiger charge is -2.40. The van der Waals surface area contributed by atoms with Gasteiger partial charge in [0, 0.05) is 44.6 Å². The van der Waals surface area contributed by atoms with Gasteiger partial charge in [0.15, 0.2) is 0 Å². The molecule has 2 N–H and O–H groups in total. The van der Waals surface area contributed by atoms with Crippen LogP contribution >= 0.6 is 0 Å². The van der Waals surface area contributed by atoms with Crippen molar-refractivity contribution < 1.29 is 19.5 Å². The minimum atomic E-state index is -0.817. The highest BCUT2D eigenvalue weighted by atomic mass is 16.3. The second-order valence-electron chi connectivity index (χ2n) is 15.4. The van der Waals surface area contributed by atoms with Crippen molar-refractivity contribution in [3.8, 4) is 0 Å². The Morgan fingerprint density at radius 3 is 2.04 bits per heavy atom. The first-order valence-corrected chi connectivity index (χ1v) is 20.1. The first-order valence-electron chi connectivity index (χ1n) is 20.1. The third kappa shape index (κ3) is 9.18. The Labute approximate surface area is 316 Å². The van der Waals surface area contributed by atoms with Gasteiger partial charge in [-0.1, -0.05) is 130 Å². The third-order valence-electron chi connectivity index (χ3n) is 11.8. The highest BCUT2D eigenvalue weighted by Crippen LogP contribution is 2.43. The number of benzene rings is 3. The van der Waals surface area contributed by atoms with Crippen molar-refractivity contribution in [1.82, 2.24) is 20.0 Å². The van der Waals surface area contributed by atoms with Crippen molar-refractivity contribution in [2.24, 2.45) is 5.92 Å². The minimum absolute atomic E-state index is 0.113. The summed E-state index contributed by atoms with van der Waals surface area (Å²) in [6.45, 7) is 6.62. The number of β-amino-alcohol motifs (C(OH)–C–C–N with tert-alkyl or cyclic N) is 1. The van der Waals surface area contributed by atoms with Crippen molar-refractivity contribution in [1.29, 1.82) is 0 Å². The molecule has 0 radical (unpaired) electrons. The van der Waals surface area contributed by atoms with Gasteiger partial charge in [-0.05, 0) is 61.4 Å². The van der Waals surface area contributed by atoms with Gasteiger partial charge in [-0.15, -0.1) is 0 Å². The number of unbranched alkanes of at least 4 members (excludes halogenated alkanes) is 5. The second kappa shape index (κ2) is 18.8. The SMILES string of the molecule is CCCCCCCCN1CCC[C@H](CNC(=O)[C@H]2C(=C=O)CCN2[C@@H]2C[C@@H](O)CN2C(=O)CC(c2ccccc2)(c2ccccc2)c2ccccc2)C1. The van der Waals surface area contributed by atoms with E-state index in [-0.39, 0.29) is 24.8 Å². The Kier molecular flexibility index (Phi) is 13.7. The van der Waals surface area contributed by atoms with E-state index in [2.05, 4.69) is 59.5 Å². The monoisotopic (exact) mass is 718 g/mol. The van der Waals surface area contributed by atoms with Crippen LogP contribution in [0.15, 0.2) is 96.6 Å². The number of carbonyl (C=O) groups is 2. The molecule has 2 amide bonds. The number of piperidine rings is 1. The Morgan fingerprint density at radius 1 is 0.830 bits per heavy atom. The maximum Gasteiger partial charge on any atom is 0.242 e. The molecule has 6 rings (SSSR count). The summed E-state index contributed by atoms with van der Waals surface area (Å²) in [7, 11) is 0. The number of likely N-dealkylation sites (tertiary alicyclic amines) is 3. The third-order valence-corrected chi connectivity index (χ3v) is 11.8. The standard InChI is InChI=1S/C45H58N4O4/c1-2-3-4-5-6-16-26-47-27-17-18-35(32-47)31-46-44(53)43-36(34-50)25-28-48(43)41-29-40(51)33-49(41)42(52)30-45(37-19-10-7-11-20-37,38-21-12-8-13-22-38)39-23-14-9-15-24-39/h7-15,19-24,35,40-41,43,51H,2-6,16-18,25-33H2,1H3,(H,46,53)/t35-,40-,41+,43-/m1/s1. The molecule has 3 heterocycles. The van der Waals surface area contributed by atoms with Gasteiger partial charge in [-0.3, -0.25) is 14.5 Å². The zero-order valence-electron chi connectivity index (χ0n) is 31.5. The highest BCUT2D eigenvalue weighted by molar-refractivity contribution is 5.88. The molecule has 53 heavy (non-hydrogen) atoms. The molecule has 3 aliphatic heterocycles. The molecule has 0 saturated carbocycles. The van der Waals surface area contributed by atoms with Crippen molar-refractivity contribution in [2.45, 2.75) is 101 Å². The molecule has 0 aromatic heterocycles. The van der Waals surface area contributed by atoms with Gasteiger partial charge in [0.05, 0.1) is 17.7 Å². The van der Waals surface area contributed by atoms with Crippen LogP contribution in [0, 0.1) is 5.92 Å². The average molecular weight is 719 g/mol. The molecule has 282 valence electrons. The number of amides is 2. The summed E-state index contributed by atoms with van der Waals surface area (Å²) in [5.74, 6) is 2.12. The van der Waals surface area contributed by atoms with Crippen molar-refractivity contribution >= 4 is 17.8 Å². The van der Waals surface area contributed by atoms with Gasteiger partial charge in [0.25, 0.3) is 0 Å². The predicted molar refractivity (Wildman–Crippen MR) is 210 cm³/mol. The number of hydrogen-bond donors (Lipinski definition) is 2. The molecular weight excluding hydrogens is 661 g/mol. The van der Waals surface area contributed by atoms with Crippen LogP contribution in [0.25, 0.3) is 0 Å². The molecular formula is C45H58N4O4. The molecule has 0 spiro atoms. The smallest absolute Gasteiger partial charge is 0.242 e. The molecule has 4 atom stereocenters. The molecule has 0 aliphatic carbocycles.